The van der Waals surface area contributed by atoms with Crippen LogP contribution < -0.4 is 16.4 Å². The topological polar surface area (TPSA) is 93.5 Å². The van der Waals surface area contributed by atoms with Crippen LogP contribution >= 0.6 is 0 Å². The van der Waals surface area contributed by atoms with E-state index in [-0.39, 0.29) is 24.5 Å². The monoisotopic (exact) mass is 279 g/mol. The number of rotatable bonds is 7. The highest BCUT2D eigenvalue weighted by Gasteiger charge is 2.07. The van der Waals surface area contributed by atoms with Gasteiger partial charge in [0.05, 0.1) is 6.61 Å². The first kappa shape index (κ1) is 16.1. The van der Waals surface area contributed by atoms with Gasteiger partial charge in [-0.1, -0.05) is 0 Å². The Morgan fingerprint density at radius 1 is 1.25 bits per heavy atom. The van der Waals surface area contributed by atoms with E-state index in [1.54, 1.807) is 24.3 Å². The summed E-state index contributed by atoms with van der Waals surface area (Å²) in [4.78, 5) is 23.2. The molecule has 1 aromatic rings. The second-order valence-electron chi connectivity index (χ2n) is 4.59. The molecule has 0 aliphatic carbocycles. The Hall–Kier alpha value is -1.92. The lowest BCUT2D eigenvalue weighted by atomic mass is 10.2. The number of nitrogens with one attached hydrogen (secondary N) is 2. The zero-order valence-electron chi connectivity index (χ0n) is 11.8. The van der Waals surface area contributed by atoms with E-state index in [2.05, 4.69) is 10.6 Å². The molecular weight excluding hydrogens is 258 g/mol. The van der Waals surface area contributed by atoms with Gasteiger partial charge in [-0.25, -0.2) is 0 Å². The van der Waals surface area contributed by atoms with E-state index < -0.39 is 0 Å². The van der Waals surface area contributed by atoms with Gasteiger partial charge in [-0.2, -0.15) is 0 Å². The molecule has 0 saturated carbocycles. The van der Waals surface area contributed by atoms with Crippen LogP contribution in [0.4, 0.5) is 5.69 Å². The van der Waals surface area contributed by atoms with Crippen LogP contribution in [0, 0.1) is 0 Å². The third-order valence-corrected chi connectivity index (χ3v) is 2.35. The lowest BCUT2D eigenvalue weighted by Gasteiger charge is -2.09. The maximum absolute atomic E-state index is 11.7. The molecule has 0 aliphatic heterocycles. The minimum atomic E-state index is -0.252. The molecule has 6 heteroatoms. The van der Waals surface area contributed by atoms with Crippen LogP contribution in [-0.4, -0.2) is 37.6 Å². The highest BCUT2D eigenvalue weighted by atomic mass is 16.5. The molecule has 0 aromatic heterocycles. The molecule has 6 nitrogen and oxygen atoms in total. The second kappa shape index (κ2) is 8.29. The van der Waals surface area contributed by atoms with Gasteiger partial charge in [0.25, 0.3) is 5.91 Å². The predicted octanol–water partition coefficient (Wildman–Crippen LogP) is 0.739. The van der Waals surface area contributed by atoms with Crippen molar-refractivity contribution < 1.29 is 14.3 Å². The van der Waals surface area contributed by atoms with Crippen molar-refractivity contribution in [1.82, 2.24) is 5.32 Å². The molecule has 0 unspecified atom stereocenters. The number of hydrogen-bond donors (Lipinski definition) is 3. The Balaban J connectivity index is 2.50. The fourth-order valence-electron chi connectivity index (χ4n) is 1.50. The number of carbonyl (C=O) groups excluding carboxylic acids is 2. The predicted molar refractivity (Wildman–Crippen MR) is 77.5 cm³/mol. The van der Waals surface area contributed by atoms with Crippen LogP contribution in [0.5, 0.6) is 0 Å². The smallest absolute Gasteiger partial charge is 0.251 e. The average molecular weight is 279 g/mol. The normalized spacial score (nSPS) is 10.4. The molecule has 0 radical (unpaired) electrons. The summed E-state index contributed by atoms with van der Waals surface area (Å²) in [6.07, 6.45) is 0. The number of ether oxygens (including phenoxy) is 1. The molecule has 0 bridgehead atoms. The van der Waals surface area contributed by atoms with Crippen molar-refractivity contribution >= 4 is 17.5 Å². The van der Waals surface area contributed by atoms with Crippen LogP contribution in [0.1, 0.15) is 24.2 Å². The van der Waals surface area contributed by atoms with E-state index in [0.29, 0.717) is 24.4 Å². The number of benzene rings is 1. The summed E-state index contributed by atoms with van der Waals surface area (Å²) in [5, 5.41) is 5.47. The molecule has 2 amide bonds. The van der Waals surface area contributed by atoms with Gasteiger partial charge in [0, 0.05) is 23.8 Å². The summed E-state index contributed by atoms with van der Waals surface area (Å²) >= 11 is 0. The number of nitrogens with two attached hydrogens (primary N) is 1. The Labute approximate surface area is 118 Å². The molecule has 4 N–H and O–H groups in total. The van der Waals surface area contributed by atoms with Crippen LogP contribution in [0.15, 0.2) is 24.3 Å². The van der Waals surface area contributed by atoms with Gasteiger partial charge in [-0.3, -0.25) is 9.59 Å². The Morgan fingerprint density at radius 2 is 1.90 bits per heavy atom. The molecule has 110 valence electrons. The van der Waals surface area contributed by atoms with E-state index >= 15 is 0 Å². The summed E-state index contributed by atoms with van der Waals surface area (Å²) < 4.78 is 5.02. The summed E-state index contributed by atoms with van der Waals surface area (Å²) in [5.41, 5.74) is 6.42. The molecule has 0 spiro atoms. The SMILES string of the molecule is CC(C)NC(=O)c1ccc(NC(=O)COCCN)cc1. The van der Waals surface area contributed by atoms with Crippen molar-refractivity contribution in [3.63, 3.8) is 0 Å². The minimum absolute atomic E-state index is 0.0349. The molecule has 1 rings (SSSR count). The van der Waals surface area contributed by atoms with Crippen molar-refractivity contribution in [3.8, 4) is 0 Å². The summed E-state index contributed by atoms with van der Waals surface area (Å²) in [5.74, 6) is -0.387. The zero-order valence-corrected chi connectivity index (χ0v) is 11.8. The standard InChI is InChI=1S/C14H21N3O3/c1-10(2)16-14(19)11-3-5-12(6-4-11)17-13(18)9-20-8-7-15/h3-6,10H,7-9,15H2,1-2H3,(H,16,19)(H,17,18). The first-order valence-electron chi connectivity index (χ1n) is 6.51. The van der Waals surface area contributed by atoms with Crippen LogP contribution in [0.3, 0.4) is 0 Å². The summed E-state index contributed by atoms with van der Waals surface area (Å²) in [7, 11) is 0. The van der Waals surface area contributed by atoms with E-state index in [1.807, 2.05) is 13.8 Å². The van der Waals surface area contributed by atoms with Crippen LogP contribution in [-0.2, 0) is 9.53 Å². The molecule has 0 saturated heterocycles. The van der Waals surface area contributed by atoms with Gasteiger partial charge in [-0.15, -0.1) is 0 Å². The van der Waals surface area contributed by atoms with Crippen molar-refractivity contribution in [2.45, 2.75) is 19.9 Å². The molecular formula is C14H21N3O3. The van der Waals surface area contributed by atoms with Crippen molar-refractivity contribution in [1.29, 1.82) is 0 Å². The van der Waals surface area contributed by atoms with Gasteiger partial charge in [-0.05, 0) is 38.1 Å². The first-order valence-corrected chi connectivity index (χ1v) is 6.51. The third-order valence-electron chi connectivity index (χ3n) is 2.35. The third kappa shape index (κ3) is 5.81. The minimum Gasteiger partial charge on any atom is -0.370 e. The van der Waals surface area contributed by atoms with Gasteiger partial charge >= 0.3 is 0 Å². The number of hydrogen-bond acceptors (Lipinski definition) is 4. The van der Waals surface area contributed by atoms with E-state index in [1.165, 1.54) is 0 Å². The molecule has 0 heterocycles. The first-order chi connectivity index (χ1) is 9.52. The summed E-state index contributed by atoms with van der Waals surface area (Å²) in [6, 6.07) is 6.76. The number of amides is 2. The van der Waals surface area contributed by atoms with Crippen molar-refractivity contribution in [2.75, 3.05) is 25.1 Å². The van der Waals surface area contributed by atoms with E-state index in [0.717, 1.165) is 0 Å². The van der Waals surface area contributed by atoms with Crippen LogP contribution in [0.2, 0.25) is 0 Å². The number of anilines is 1. The van der Waals surface area contributed by atoms with E-state index in [4.69, 9.17) is 10.5 Å². The molecule has 1 aromatic carbocycles. The zero-order chi connectivity index (χ0) is 15.0. The Kier molecular flexibility index (Phi) is 6.69. The lowest BCUT2D eigenvalue weighted by Crippen LogP contribution is -2.30. The fourth-order valence-corrected chi connectivity index (χ4v) is 1.50. The Morgan fingerprint density at radius 3 is 2.45 bits per heavy atom. The van der Waals surface area contributed by atoms with Gasteiger partial charge in [0.1, 0.15) is 6.61 Å². The van der Waals surface area contributed by atoms with E-state index in [9.17, 15) is 9.59 Å². The molecule has 0 fully saturated rings. The Bertz CT molecular complexity index is 443. The van der Waals surface area contributed by atoms with Crippen molar-refractivity contribution in [2.24, 2.45) is 5.73 Å². The van der Waals surface area contributed by atoms with Gasteiger partial charge < -0.3 is 21.1 Å². The largest absolute Gasteiger partial charge is 0.370 e. The maximum Gasteiger partial charge on any atom is 0.251 e. The maximum atomic E-state index is 11.7. The molecule has 20 heavy (non-hydrogen) atoms. The molecule has 0 aliphatic rings. The average Bonchev–Trinajstić information content (AvgIpc) is 2.39. The molecule has 0 atom stereocenters. The second-order valence-corrected chi connectivity index (χ2v) is 4.59. The fraction of sp³-hybridized carbons (Fsp3) is 0.429. The van der Waals surface area contributed by atoms with Gasteiger partial charge in [0.2, 0.25) is 5.91 Å². The van der Waals surface area contributed by atoms with Crippen molar-refractivity contribution in [3.05, 3.63) is 29.8 Å². The van der Waals surface area contributed by atoms with Crippen LogP contribution in [0.25, 0.3) is 0 Å². The van der Waals surface area contributed by atoms with Gasteiger partial charge in [0.15, 0.2) is 0 Å². The lowest BCUT2D eigenvalue weighted by molar-refractivity contribution is -0.120. The highest BCUT2D eigenvalue weighted by molar-refractivity contribution is 5.96. The summed E-state index contributed by atoms with van der Waals surface area (Å²) in [6.45, 7) is 4.49. The quantitative estimate of drug-likeness (QED) is 0.642. The number of carbonyl (C=O) groups is 2. The highest BCUT2D eigenvalue weighted by Crippen LogP contribution is 2.09.